The molecule has 0 heterocycles. The summed E-state index contributed by atoms with van der Waals surface area (Å²) in [7, 11) is 0. The maximum atomic E-state index is 11.7. The Balaban J connectivity index is 4.07. The predicted molar refractivity (Wildman–Crippen MR) is 65.6 cm³/mol. The number of carboxylic acid groups (broad SMARTS) is 1. The van der Waals surface area contributed by atoms with Crippen LogP contribution in [0.3, 0.4) is 0 Å². The van der Waals surface area contributed by atoms with E-state index in [1.807, 2.05) is 13.8 Å². The third-order valence-electron chi connectivity index (χ3n) is 2.10. The zero-order valence-corrected chi connectivity index (χ0v) is 11.0. The average Bonchev–Trinajstić information content (AvgIpc) is 2.34. The molecule has 0 atom stereocenters. The minimum absolute atomic E-state index is 0.390. The van der Waals surface area contributed by atoms with E-state index in [1.54, 1.807) is 0 Å². The van der Waals surface area contributed by atoms with Crippen LogP contribution in [0.2, 0.25) is 0 Å². The van der Waals surface area contributed by atoms with Gasteiger partial charge < -0.3 is 24.8 Å². The molecule has 2 N–H and O–H groups in total. The van der Waals surface area contributed by atoms with Crippen LogP contribution in [0.1, 0.15) is 13.8 Å². The Bertz CT molecular complexity index is 238. The SMILES string of the molecule is CCOCCN(CCOCC)C(=O)NCC(=O)O. The number of hydrogen-bond acceptors (Lipinski definition) is 4. The van der Waals surface area contributed by atoms with E-state index in [1.165, 1.54) is 4.90 Å². The summed E-state index contributed by atoms with van der Waals surface area (Å²) in [6.45, 7) is 6.17. The Hall–Kier alpha value is -1.34. The van der Waals surface area contributed by atoms with E-state index in [0.29, 0.717) is 39.5 Å². The molecule has 0 aromatic heterocycles. The van der Waals surface area contributed by atoms with Crippen LogP contribution in [0.4, 0.5) is 4.79 Å². The Labute approximate surface area is 107 Å². The van der Waals surface area contributed by atoms with Crippen molar-refractivity contribution in [3.63, 3.8) is 0 Å². The van der Waals surface area contributed by atoms with Crippen LogP contribution < -0.4 is 5.32 Å². The molecular weight excluding hydrogens is 240 g/mol. The van der Waals surface area contributed by atoms with E-state index in [-0.39, 0.29) is 0 Å². The van der Waals surface area contributed by atoms with Crippen LogP contribution in [0.25, 0.3) is 0 Å². The van der Waals surface area contributed by atoms with Gasteiger partial charge in [-0.2, -0.15) is 0 Å². The number of carbonyl (C=O) groups is 2. The topological polar surface area (TPSA) is 88.1 Å². The molecule has 0 aromatic rings. The molecule has 7 heteroatoms. The van der Waals surface area contributed by atoms with E-state index in [0.717, 1.165) is 0 Å². The largest absolute Gasteiger partial charge is 0.480 e. The second-order valence-corrected chi connectivity index (χ2v) is 3.43. The summed E-state index contributed by atoms with van der Waals surface area (Å²) in [5.41, 5.74) is 0. The van der Waals surface area contributed by atoms with Gasteiger partial charge in [0, 0.05) is 26.3 Å². The summed E-state index contributed by atoms with van der Waals surface area (Å²) in [6.07, 6.45) is 0. The van der Waals surface area contributed by atoms with Gasteiger partial charge in [0.25, 0.3) is 0 Å². The van der Waals surface area contributed by atoms with Crippen molar-refractivity contribution < 1.29 is 24.2 Å². The molecule has 0 unspecified atom stereocenters. The number of carbonyl (C=O) groups excluding carboxylic acids is 1. The van der Waals surface area contributed by atoms with Crippen molar-refractivity contribution in [3.8, 4) is 0 Å². The molecule has 0 spiro atoms. The Morgan fingerprint density at radius 2 is 1.61 bits per heavy atom. The molecule has 0 rings (SSSR count). The second-order valence-electron chi connectivity index (χ2n) is 3.43. The van der Waals surface area contributed by atoms with Crippen LogP contribution in [0, 0.1) is 0 Å². The van der Waals surface area contributed by atoms with Crippen molar-refractivity contribution in [1.29, 1.82) is 0 Å². The molecule has 2 amide bonds. The lowest BCUT2D eigenvalue weighted by molar-refractivity contribution is -0.135. The number of carboxylic acids is 1. The fourth-order valence-electron chi connectivity index (χ4n) is 1.22. The number of amides is 2. The summed E-state index contributed by atoms with van der Waals surface area (Å²) in [5.74, 6) is -1.07. The summed E-state index contributed by atoms with van der Waals surface area (Å²) < 4.78 is 10.3. The minimum atomic E-state index is -1.07. The number of nitrogens with zero attached hydrogens (tertiary/aromatic N) is 1. The summed E-state index contributed by atoms with van der Waals surface area (Å²) in [6, 6.07) is -0.420. The van der Waals surface area contributed by atoms with Gasteiger partial charge in [0.2, 0.25) is 0 Å². The molecule has 0 aliphatic heterocycles. The lowest BCUT2D eigenvalue weighted by Crippen LogP contribution is -2.45. The Morgan fingerprint density at radius 3 is 2.00 bits per heavy atom. The number of nitrogens with one attached hydrogen (secondary N) is 1. The molecule has 0 aliphatic carbocycles. The Morgan fingerprint density at radius 1 is 1.11 bits per heavy atom. The van der Waals surface area contributed by atoms with Gasteiger partial charge in [-0.15, -0.1) is 0 Å². The number of rotatable bonds is 10. The predicted octanol–water partition coefficient (Wildman–Crippen LogP) is 0.156. The first-order chi connectivity index (χ1) is 8.61. The fourth-order valence-corrected chi connectivity index (χ4v) is 1.22. The normalized spacial score (nSPS) is 10.1. The van der Waals surface area contributed by atoms with E-state index in [4.69, 9.17) is 14.6 Å². The molecule has 0 saturated heterocycles. The van der Waals surface area contributed by atoms with E-state index >= 15 is 0 Å². The zero-order valence-electron chi connectivity index (χ0n) is 11.0. The van der Waals surface area contributed by atoms with Crippen LogP contribution in [-0.2, 0) is 14.3 Å². The van der Waals surface area contributed by atoms with Gasteiger partial charge in [-0.1, -0.05) is 0 Å². The van der Waals surface area contributed by atoms with Crippen molar-refractivity contribution in [1.82, 2.24) is 10.2 Å². The highest BCUT2D eigenvalue weighted by Gasteiger charge is 2.13. The molecule has 0 aliphatic rings. The molecular formula is C11H22N2O5. The smallest absolute Gasteiger partial charge is 0.323 e. The van der Waals surface area contributed by atoms with E-state index in [9.17, 15) is 9.59 Å². The minimum Gasteiger partial charge on any atom is -0.480 e. The van der Waals surface area contributed by atoms with Crippen LogP contribution in [0.5, 0.6) is 0 Å². The van der Waals surface area contributed by atoms with Crippen molar-refractivity contribution >= 4 is 12.0 Å². The molecule has 106 valence electrons. The van der Waals surface area contributed by atoms with Crippen LogP contribution >= 0.6 is 0 Å². The highest BCUT2D eigenvalue weighted by atomic mass is 16.5. The van der Waals surface area contributed by atoms with Crippen molar-refractivity contribution in [3.05, 3.63) is 0 Å². The standard InChI is InChI=1S/C11H22N2O5/c1-3-17-7-5-13(6-8-18-4-2)11(16)12-9-10(14)15/h3-9H2,1-2H3,(H,12,16)(H,14,15). The monoisotopic (exact) mass is 262 g/mol. The van der Waals surface area contributed by atoms with Crippen LogP contribution in [-0.4, -0.2) is 68.1 Å². The molecule has 0 aromatic carbocycles. The fraction of sp³-hybridized carbons (Fsp3) is 0.818. The first-order valence-corrected chi connectivity index (χ1v) is 6.01. The quantitative estimate of drug-likeness (QED) is 0.547. The number of aliphatic carboxylic acids is 1. The van der Waals surface area contributed by atoms with Crippen molar-refractivity contribution in [2.75, 3.05) is 46.1 Å². The van der Waals surface area contributed by atoms with Crippen molar-refractivity contribution in [2.24, 2.45) is 0 Å². The van der Waals surface area contributed by atoms with Gasteiger partial charge in [0.05, 0.1) is 13.2 Å². The highest BCUT2D eigenvalue weighted by Crippen LogP contribution is 1.91. The van der Waals surface area contributed by atoms with Gasteiger partial charge in [-0.3, -0.25) is 4.79 Å². The summed E-state index contributed by atoms with van der Waals surface area (Å²) in [4.78, 5) is 23.5. The molecule has 0 saturated carbocycles. The van der Waals surface area contributed by atoms with Gasteiger partial charge in [0.1, 0.15) is 6.54 Å². The van der Waals surface area contributed by atoms with Crippen LogP contribution in [0.15, 0.2) is 0 Å². The summed E-state index contributed by atoms with van der Waals surface area (Å²) in [5, 5.41) is 10.8. The van der Waals surface area contributed by atoms with Gasteiger partial charge in [-0.05, 0) is 13.8 Å². The maximum absolute atomic E-state index is 11.7. The first-order valence-electron chi connectivity index (χ1n) is 6.01. The third-order valence-corrected chi connectivity index (χ3v) is 2.10. The summed E-state index contributed by atoms with van der Waals surface area (Å²) >= 11 is 0. The zero-order chi connectivity index (χ0) is 13.8. The lowest BCUT2D eigenvalue weighted by atomic mass is 10.5. The number of hydrogen-bond donors (Lipinski definition) is 2. The van der Waals surface area contributed by atoms with Gasteiger partial charge in [-0.25, -0.2) is 4.79 Å². The number of urea groups is 1. The third kappa shape index (κ3) is 8.77. The van der Waals surface area contributed by atoms with Gasteiger partial charge >= 0.3 is 12.0 Å². The molecule has 0 fully saturated rings. The molecule has 7 nitrogen and oxygen atoms in total. The van der Waals surface area contributed by atoms with E-state index in [2.05, 4.69) is 5.32 Å². The lowest BCUT2D eigenvalue weighted by Gasteiger charge is -2.22. The molecule has 0 radical (unpaired) electrons. The first kappa shape index (κ1) is 16.7. The van der Waals surface area contributed by atoms with Gasteiger partial charge in [0.15, 0.2) is 0 Å². The average molecular weight is 262 g/mol. The Kier molecular flexibility index (Phi) is 9.99. The molecule has 18 heavy (non-hydrogen) atoms. The second kappa shape index (κ2) is 10.8. The van der Waals surface area contributed by atoms with E-state index < -0.39 is 18.5 Å². The highest BCUT2D eigenvalue weighted by molar-refractivity contribution is 5.79. The van der Waals surface area contributed by atoms with Crippen molar-refractivity contribution in [2.45, 2.75) is 13.8 Å². The maximum Gasteiger partial charge on any atom is 0.323 e. The number of ether oxygens (including phenoxy) is 2. The molecule has 0 bridgehead atoms.